The number of nitrogens with zero attached hydrogens (tertiary/aromatic N) is 3. The van der Waals surface area contributed by atoms with Gasteiger partial charge in [-0.1, -0.05) is 38.1 Å². The number of hydrogen-bond donors (Lipinski definition) is 1. The van der Waals surface area contributed by atoms with E-state index < -0.39 is 40.7 Å². The summed E-state index contributed by atoms with van der Waals surface area (Å²) in [5.41, 5.74) is 0.144. The Kier molecular flexibility index (Phi) is 5.78. The quantitative estimate of drug-likeness (QED) is 0.658. The van der Waals surface area contributed by atoms with Gasteiger partial charge in [0.15, 0.2) is 11.4 Å². The molecule has 1 atom stereocenters. The number of fused-ring (bicyclic) bond motifs is 1. The van der Waals surface area contributed by atoms with Crippen LogP contribution in [0.15, 0.2) is 59.5 Å². The lowest BCUT2D eigenvalue weighted by molar-refractivity contribution is 0.0609. The van der Waals surface area contributed by atoms with Crippen LogP contribution in [0.1, 0.15) is 47.4 Å². The Hall–Kier alpha value is -3.55. The Labute approximate surface area is 183 Å². The number of aromatic nitrogens is 2. The molecule has 0 spiro atoms. The largest absolute Gasteiger partial charge is 0.502 e. The van der Waals surface area contributed by atoms with Crippen molar-refractivity contribution in [2.45, 2.75) is 25.8 Å². The molecule has 1 aliphatic heterocycles. The zero-order valence-electron chi connectivity index (χ0n) is 17.7. The Balaban J connectivity index is 1.95. The van der Waals surface area contributed by atoms with Crippen molar-refractivity contribution in [1.82, 2.24) is 14.7 Å². The molecule has 0 fully saturated rings. The van der Waals surface area contributed by atoms with Gasteiger partial charge in [-0.25, -0.2) is 8.78 Å². The van der Waals surface area contributed by atoms with Crippen molar-refractivity contribution in [1.29, 1.82) is 0 Å². The second kappa shape index (κ2) is 8.53. The van der Waals surface area contributed by atoms with E-state index in [1.807, 2.05) is 13.8 Å². The van der Waals surface area contributed by atoms with Gasteiger partial charge >= 0.3 is 0 Å². The summed E-state index contributed by atoms with van der Waals surface area (Å²) in [6.07, 6.45) is 0.950. The predicted molar refractivity (Wildman–Crippen MR) is 115 cm³/mol. The first-order chi connectivity index (χ1) is 15.3. The van der Waals surface area contributed by atoms with Gasteiger partial charge in [-0.2, -0.15) is 5.10 Å². The molecule has 2 heterocycles. The van der Waals surface area contributed by atoms with Gasteiger partial charge < -0.3 is 10.0 Å². The molecular weight excluding hydrogens is 416 g/mol. The molecule has 0 saturated heterocycles. The van der Waals surface area contributed by atoms with Crippen molar-refractivity contribution in [3.05, 3.63) is 93.4 Å². The van der Waals surface area contributed by atoms with Crippen LogP contribution in [0.25, 0.3) is 0 Å². The van der Waals surface area contributed by atoms with Crippen molar-refractivity contribution >= 4 is 5.91 Å². The molecule has 1 aliphatic rings. The fourth-order valence-electron chi connectivity index (χ4n) is 4.33. The van der Waals surface area contributed by atoms with Gasteiger partial charge in [0.2, 0.25) is 5.43 Å². The van der Waals surface area contributed by atoms with Gasteiger partial charge in [-0.05, 0) is 41.3 Å². The van der Waals surface area contributed by atoms with E-state index in [4.69, 9.17) is 0 Å². The number of amides is 1. The first-order valence-electron chi connectivity index (χ1n) is 10.4. The van der Waals surface area contributed by atoms with Crippen LogP contribution in [-0.4, -0.2) is 38.8 Å². The third-order valence-corrected chi connectivity index (χ3v) is 5.58. The molecule has 8 heteroatoms. The number of benzene rings is 2. The summed E-state index contributed by atoms with van der Waals surface area (Å²) in [7, 11) is 0. The summed E-state index contributed by atoms with van der Waals surface area (Å²) in [6.45, 7) is 4.47. The van der Waals surface area contributed by atoms with E-state index in [1.165, 1.54) is 28.9 Å². The Morgan fingerprint density at radius 2 is 1.66 bits per heavy atom. The second-order valence-corrected chi connectivity index (χ2v) is 8.41. The van der Waals surface area contributed by atoms with E-state index in [0.29, 0.717) is 17.7 Å². The average Bonchev–Trinajstić information content (AvgIpc) is 2.73. The first-order valence-corrected chi connectivity index (χ1v) is 10.4. The highest BCUT2D eigenvalue weighted by Gasteiger charge is 2.39. The number of halogens is 2. The molecule has 1 unspecified atom stereocenters. The summed E-state index contributed by atoms with van der Waals surface area (Å²) < 4.78 is 29.7. The second-order valence-electron chi connectivity index (χ2n) is 8.41. The minimum Gasteiger partial charge on any atom is -0.502 e. The zero-order valence-corrected chi connectivity index (χ0v) is 17.7. The van der Waals surface area contributed by atoms with Gasteiger partial charge in [0.1, 0.15) is 11.6 Å². The van der Waals surface area contributed by atoms with E-state index in [0.717, 1.165) is 6.20 Å². The topological polar surface area (TPSA) is 75.4 Å². The molecule has 0 saturated carbocycles. The Morgan fingerprint density at radius 3 is 2.19 bits per heavy atom. The summed E-state index contributed by atoms with van der Waals surface area (Å²) in [4.78, 5) is 26.7. The monoisotopic (exact) mass is 439 g/mol. The highest BCUT2D eigenvalue weighted by molar-refractivity contribution is 5.95. The van der Waals surface area contributed by atoms with Crippen LogP contribution in [0.2, 0.25) is 0 Å². The summed E-state index contributed by atoms with van der Waals surface area (Å²) in [5, 5.41) is 14.6. The maximum atomic E-state index is 14.2. The minimum atomic E-state index is -0.761. The van der Waals surface area contributed by atoms with E-state index in [-0.39, 0.29) is 18.2 Å². The van der Waals surface area contributed by atoms with E-state index in [1.54, 1.807) is 29.2 Å². The average molecular weight is 439 g/mol. The zero-order chi connectivity index (χ0) is 23.0. The van der Waals surface area contributed by atoms with Crippen LogP contribution in [0, 0.1) is 17.6 Å². The van der Waals surface area contributed by atoms with Crippen LogP contribution < -0.4 is 5.43 Å². The number of aromatic hydroxyl groups is 1. The highest BCUT2D eigenvalue weighted by atomic mass is 19.1. The van der Waals surface area contributed by atoms with Crippen LogP contribution in [-0.2, 0) is 0 Å². The molecule has 32 heavy (non-hydrogen) atoms. The fraction of sp³-hybridized carbons (Fsp3) is 0.292. The van der Waals surface area contributed by atoms with Crippen molar-refractivity contribution in [3.8, 4) is 5.75 Å². The number of rotatable bonds is 5. The molecule has 3 aromatic rings. The lowest BCUT2D eigenvalue weighted by Gasteiger charge is -2.39. The summed E-state index contributed by atoms with van der Waals surface area (Å²) in [6, 6.07) is 11.3. The predicted octanol–water partition coefficient (Wildman–Crippen LogP) is 3.71. The van der Waals surface area contributed by atoms with E-state index >= 15 is 0 Å². The van der Waals surface area contributed by atoms with Crippen molar-refractivity contribution in [2.24, 2.45) is 5.92 Å². The summed E-state index contributed by atoms with van der Waals surface area (Å²) in [5.74, 6) is -2.57. The molecule has 2 aromatic carbocycles. The fourth-order valence-corrected chi connectivity index (χ4v) is 4.33. The van der Waals surface area contributed by atoms with Gasteiger partial charge in [-0.3, -0.25) is 14.3 Å². The van der Waals surface area contributed by atoms with Crippen molar-refractivity contribution in [3.63, 3.8) is 0 Å². The standard InChI is InChI=1S/C24H23F2N3O3/c1-14(2)12-28-13-19(29-22(24(28)32)23(31)20(30)11-27-29)21(15-5-3-7-17(25)9-15)16-6-4-8-18(26)10-16/h3-11,14,19,21,31H,12-13H2,1-2H3. The van der Waals surface area contributed by atoms with Gasteiger partial charge in [0.25, 0.3) is 5.91 Å². The van der Waals surface area contributed by atoms with E-state index in [2.05, 4.69) is 5.10 Å². The third-order valence-electron chi connectivity index (χ3n) is 5.58. The van der Waals surface area contributed by atoms with Crippen LogP contribution in [0.3, 0.4) is 0 Å². The maximum Gasteiger partial charge on any atom is 0.276 e. The highest BCUT2D eigenvalue weighted by Crippen LogP contribution is 2.39. The SMILES string of the molecule is CC(C)CN1CC(C(c2cccc(F)c2)c2cccc(F)c2)n2ncc(=O)c(O)c2C1=O. The molecule has 0 radical (unpaired) electrons. The molecular formula is C24H23F2N3O3. The molecule has 1 aromatic heterocycles. The minimum absolute atomic E-state index is 0.124. The van der Waals surface area contributed by atoms with E-state index in [9.17, 15) is 23.5 Å². The number of carbonyl (C=O) groups is 1. The molecule has 0 aliphatic carbocycles. The molecule has 1 N–H and O–H groups in total. The van der Waals surface area contributed by atoms with Crippen molar-refractivity contribution < 1.29 is 18.7 Å². The smallest absolute Gasteiger partial charge is 0.276 e. The lowest BCUT2D eigenvalue weighted by Crippen LogP contribution is -2.48. The Bertz CT molecular complexity index is 1180. The Morgan fingerprint density at radius 1 is 1.06 bits per heavy atom. The molecule has 166 valence electrons. The molecule has 4 rings (SSSR count). The molecule has 6 nitrogen and oxygen atoms in total. The number of carbonyl (C=O) groups excluding carboxylic acids is 1. The molecule has 1 amide bonds. The summed E-state index contributed by atoms with van der Waals surface area (Å²) >= 11 is 0. The van der Waals surface area contributed by atoms with Gasteiger partial charge in [0, 0.05) is 19.0 Å². The van der Waals surface area contributed by atoms with Gasteiger partial charge in [0.05, 0.1) is 12.2 Å². The molecule has 0 bridgehead atoms. The maximum absolute atomic E-state index is 14.2. The van der Waals surface area contributed by atoms with Gasteiger partial charge in [-0.15, -0.1) is 0 Å². The van der Waals surface area contributed by atoms with Crippen LogP contribution >= 0.6 is 0 Å². The normalized spacial score (nSPS) is 16.0. The van der Waals surface area contributed by atoms with Crippen LogP contribution in [0.5, 0.6) is 5.75 Å². The third kappa shape index (κ3) is 4.00. The number of hydrogen-bond acceptors (Lipinski definition) is 4. The van der Waals surface area contributed by atoms with Crippen molar-refractivity contribution in [2.75, 3.05) is 13.1 Å². The first kappa shape index (κ1) is 21.7. The van der Waals surface area contributed by atoms with Crippen LogP contribution in [0.4, 0.5) is 8.78 Å². The lowest BCUT2D eigenvalue weighted by atomic mass is 9.83.